The van der Waals surface area contributed by atoms with Crippen LogP contribution in [0.2, 0.25) is 0 Å². The fraction of sp³-hybridized carbons (Fsp3) is 0.105. The van der Waals surface area contributed by atoms with Crippen LogP contribution < -0.4 is 26.2 Å². The van der Waals surface area contributed by atoms with Crippen molar-refractivity contribution in [3.8, 4) is 100 Å². The molecular weight excluding hydrogens is 1440 g/mol. The van der Waals surface area contributed by atoms with Crippen molar-refractivity contribution in [1.29, 1.82) is 0 Å². The summed E-state index contributed by atoms with van der Waals surface area (Å²) < 4.78 is 5.13. The van der Waals surface area contributed by atoms with Gasteiger partial charge >= 0.3 is 0 Å². The van der Waals surface area contributed by atoms with Crippen molar-refractivity contribution in [2.75, 3.05) is 9.80 Å². The Labute approximate surface area is 699 Å². The number of aryl methyl sites for hydroxylation is 8. The number of para-hydroxylation sites is 2. The molecule has 21 rings (SSSR count). The van der Waals surface area contributed by atoms with Crippen LogP contribution in [0, 0.1) is 55.4 Å². The Morgan fingerprint density at radius 2 is 0.487 bits per heavy atom. The van der Waals surface area contributed by atoms with Gasteiger partial charge in [0.05, 0.1) is 33.4 Å². The Hall–Kier alpha value is -14.0. The first-order valence-corrected chi connectivity index (χ1v) is 42.0. The van der Waals surface area contributed by atoms with Gasteiger partial charge in [-0.3, -0.25) is 0 Å². The van der Waals surface area contributed by atoms with E-state index >= 15 is 0 Å². The summed E-state index contributed by atoms with van der Waals surface area (Å²) in [6.45, 7) is 24.9. The minimum Gasteiger partial charge on any atom is -0.310 e. The van der Waals surface area contributed by atoms with Crippen molar-refractivity contribution in [3.63, 3.8) is 0 Å². The molecule has 0 bridgehead atoms. The SMILES string of the molecule is Cc1cccc(C)c1-c1ccc2c(c1)c1cc(-c3c(C)cccc3C)ccc1n2-c1ccc2c(c1)N(c1c(-c3ccccc3)cccc1-c1ccccc1)c1cc(C(C)(C)C)cc3c1B2c1ccc(-n2c4ccc(-c5c(C)cccc5C)cc4c4cc(-c5c(C)cccc5C)ccc42)cc1N3c1c(-c2ccccc2)cccc1-c1ccccc1. The van der Waals surface area contributed by atoms with E-state index in [2.05, 4.69) is 447 Å². The number of aromatic nitrogens is 2. The summed E-state index contributed by atoms with van der Waals surface area (Å²) in [6.07, 6.45) is 0. The van der Waals surface area contributed by atoms with Crippen LogP contribution in [0.3, 0.4) is 0 Å². The largest absolute Gasteiger partial charge is 0.310 e. The summed E-state index contributed by atoms with van der Waals surface area (Å²) in [7, 11) is 0. The molecule has 570 valence electrons. The molecule has 2 aliphatic heterocycles. The molecule has 0 N–H and O–H groups in total. The van der Waals surface area contributed by atoms with Gasteiger partial charge in [0.2, 0.25) is 0 Å². The predicted octanol–water partition coefficient (Wildman–Crippen LogP) is 29.1. The van der Waals surface area contributed by atoms with E-state index in [0.717, 1.165) is 112 Å². The van der Waals surface area contributed by atoms with Crippen LogP contribution in [0.25, 0.3) is 144 Å². The van der Waals surface area contributed by atoms with Crippen LogP contribution >= 0.6 is 0 Å². The molecule has 0 saturated heterocycles. The summed E-state index contributed by atoms with van der Waals surface area (Å²) in [5, 5.41) is 4.84. The molecule has 5 heteroatoms. The van der Waals surface area contributed by atoms with Gasteiger partial charge in [0.15, 0.2) is 0 Å². The van der Waals surface area contributed by atoms with E-state index in [1.54, 1.807) is 0 Å². The van der Waals surface area contributed by atoms with Crippen LogP contribution in [0.15, 0.2) is 352 Å². The summed E-state index contributed by atoms with van der Waals surface area (Å²) in [6, 6.07) is 134. The van der Waals surface area contributed by atoms with Crippen molar-refractivity contribution >= 4 is 101 Å². The first kappa shape index (κ1) is 72.7. The second-order valence-corrected chi connectivity index (χ2v) is 34.3. The predicted molar refractivity (Wildman–Crippen MR) is 509 cm³/mol. The number of rotatable bonds is 12. The third kappa shape index (κ3) is 11.9. The maximum atomic E-state index is 2.72. The molecule has 119 heavy (non-hydrogen) atoms. The number of nitrogens with zero attached hydrogens (tertiary/aromatic N) is 4. The monoisotopic (exact) mass is 1530 g/mol. The Balaban J connectivity index is 0.898. The molecule has 0 fully saturated rings. The van der Waals surface area contributed by atoms with E-state index < -0.39 is 0 Å². The van der Waals surface area contributed by atoms with Gasteiger partial charge in [-0.25, -0.2) is 0 Å². The highest BCUT2D eigenvalue weighted by atomic mass is 15.2. The van der Waals surface area contributed by atoms with E-state index in [0.29, 0.717) is 0 Å². The van der Waals surface area contributed by atoms with E-state index in [4.69, 9.17) is 0 Å². The Morgan fingerprint density at radius 3 is 0.748 bits per heavy atom. The fourth-order valence-electron chi connectivity index (χ4n) is 20.4. The van der Waals surface area contributed by atoms with Gasteiger partial charge in [-0.2, -0.15) is 0 Å². The van der Waals surface area contributed by atoms with Gasteiger partial charge < -0.3 is 18.9 Å². The smallest absolute Gasteiger partial charge is 0.252 e. The van der Waals surface area contributed by atoms with Crippen LogP contribution in [0.1, 0.15) is 70.8 Å². The molecule has 4 heterocycles. The Kier molecular flexibility index (Phi) is 17.4. The number of hydrogen-bond donors (Lipinski definition) is 0. The normalized spacial score (nSPS) is 12.4. The fourth-order valence-corrected chi connectivity index (χ4v) is 20.4. The lowest BCUT2D eigenvalue weighted by molar-refractivity contribution is 0.590. The van der Waals surface area contributed by atoms with Gasteiger partial charge in [0, 0.05) is 77.9 Å². The minimum absolute atomic E-state index is 0.279. The average Bonchev–Trinajstić information content (AvgIpc) is 1.50. The molecule has 17 aromatic carbocycles. The Morgan fingerprint density at radius 1 is 0.227 bits per heavy atom. The summed E-state index contributed by atoms with van der Waals surface area (Å²) in [5.74, 6) is 0. The van der Waals surface area contributed by atoms with Crippen LogP contribution in [0.4, 0.5) is 34.1 Å². The molecule has 0 saturated carbocycles. The zero-order valence-corrected chi connectivity index (χ0v) is 69.4. The van der Waals surface area contributed by atoms with E-state index in [-0.39, 0.29) is 12.1 Å². The maximum absolute atomic E-state index is 2.72. The molecule has 4 nitrogen and oxygen atoms in total. The summed E-state index contributed by atoms with van der Waals surface area (Å²) >= 11 is 0. The lowest BCUT2D eigenvalue weighted by atomic mass is 9.33. The average molecular weight is 1530 g/mol. The molecule has 0 unspecified atom stereocenters. The number of hydrogen-bond acceptors (Lipinski definition) is 2. The van der Waals surface area contributed by atoms with E-state index in [1.165, 1.54) is 133 Å². The van der Waals surface area contributed by atoms with E-state index in [1.807, 2.05) is 0 Å². The van der Waals surface area contributed by atoms with Gasteiger partial charge in [-0.1, -0.05) is 288 Å². The summed E-state index contributed by atoms with van der Waals surface area (Å²) in [4.78, 5) is 5.44. The highest BCUT2D eigenvalue weighted by Gasteiger charge is 2.46. The molecule has 2 aromatic heterocycles. The lowest BCUT2D eigenvalue weighted by Crippen LogP contribution is -2.61. The number of fused-ring (bicyclic) bond motifs is 10. The van der Waals surface area contributed by atoms with Crippen LogP contribution in [0.5, 0.6) is 0 Å². The molecule has 0 radical (unpaired) electrons. The van der Waals surface area contributed by atoms with Gasteiger partial charge in [-0.15, -0.1) is 0 Å². The highest BCUT2D eigenvalue weighted by Crippen LogP contribution is 2.55. The topological polar surface area (TPSA) is 16.3 Å². The third-order valence-electron chi connectivity index (χ3n) is 25.9. The molecular formula is C114H91BN4. The van der Waals surface area contributed by atoms with Crippen molar-refractivity contribution in [3.05, 3.63) is 402 Å². The highest BCUT2D eigenvalue weighted by molar-refractivity contribution is 7.00. The summed E-state index contributed by atoms with van der Waals surface area (Å²) in [5.41, 5.74) is 47.2. The lowest BCUT2D eigenvalue weighted by Gasteiger charge is -2.46. The molecule has 19 aromatic rings. The first-order valence-electron chi connectivity index (χ1n) is 42.0. The van der Waals surface area contributed by atoms with Crippen LogP contribution in [-0.4, -0.2) is 15.8 Å². The standard InChI is InChI=1S/C114H91BN4/c1-70-30-24-31-71(2)107(70)82-50-58-99-93(62-82)94-63-83(108-72(3)32-25-33-73(108)4)51-59-100(94)116(99)87-54-56-97-103(68-87)118(112-89(78-38-16-12-17-39-78)46-28-47-90(112)79-40-18-13-19-41-79)105-66-86(114(9,10)11)67-106-111(105)115(97)98-57-55-88(69-104(98)119(106)113-91(80-42-20-14-21-43-80)48-29-49-92(113)81-44-22-15-23-45-81)117-101-60-52-84(109-74(5)34-26-35-75(109)6)64-95(101)96-65-85(53-61-102(96)117)110-76(7)36-27-37-77(110)8/h12-69H,1-11H3. The molecule has 0 spiro atoms. The molecule has 0 atom stereocenters. The second kappa shape index (κ2) is 28.4. The van der Waals surface area contributed by atoms with Crippen molar-refractivity contribution in [1.82, 2.24) is 9.13 Å². The number of benzene rings is 17. The van der Waals surface area contributed by atoms with Gasteiger partial charge in [0.1, 0.15) is 0 Å². The third-order valence-corrected chi connectivity index (χ3v) is 25.9. The zero-order valence-electron chi connectivity index (χ0n) is 69.4. The van der Waals surface area contributed by atoms with Crippen molar-refractivity contribution in [2.24, 2.45) is 0 Å². The minimum atomic E-state index is -0.353. The maximum Gasteiger partial charge on any atom is 0.252 e. The zero-order chi connectivity index (χ0) is 80.8. The second-order valence-electron chi connectivity index (χ2n) is 34.3. The van der Waals surface area contributed by atoms with Gasteiger partial charge in [0.25, 0.3) is 6.71 Å². The molecule has 0 aliphatic carbocycles. The number of anilines is 6. The van der Waals surface area contributed by atoms with Gasteiger partial charge in [-0.05, 0) is 279 Å². The Bertz CT molecular complexity index is 6520. The molecule has 2 aliphatic rings. The first-order chi connectivity index (χ1) is 58.0. The molecule has 0 amide bonds. The van der Waals surface area contributed by atoms with Crippen LogP contribution in [-0.2, 0) is 5.41 Å². The van der Waals surface area contributed by atoms with E-state index in [9.17, 15) is 0 Å². The van der Waals surface area contributed by atoms with Crippen molar-refractivity contribution in [2.45, 2.75) is 81.6 Å². The quantitative estimate of drug-likeness (QED) is 0.113. The van der Waals surface area contributed by atoms with Crippen molar-refractivity contribution < 1.29 is 0 Å².